The van der Waals surface area contributed by atoms with E-state index in [0.29, 0.717) is 24.2 Å². The van der Waals surface area contributed by atoms with Crippen molar-refractivity contribution < 1.29 is 14.0 Å². The standard InChI is InChI=1S/C20H17FN4O2/c21-16-6-1-4-14(12-16)18-19(26)22-9-11-24(18)20(27)15-5-2-7-17(13-15)25-10-3-8-23-25/h1-8,10,12-13,18H,9,11H2,(H,22,26). The number of carbonyl (C=O) groups is 2. The van der Waals surface area contributed by atoms with E-state index >= 15 is 0 Å². The number of benzene rings is 2. The van der Waals surface area contributed by atoms with Crippen LogP contribution in [-0.4, -0.2) is 39.6 Å². The second-order valence-electron chi connectivity index (χ2n) is 6.25. The first-order chi connectivity index (χ1) is 13.1. The van der Waals surface area contributed by atoms with Gasteiger partial charge in [-0.25, -0.2) is 9.07 Å². The average Bonchev–Trinajstić information content (AvgIpc) is 3.22. The molecule has 0 radical (unpaired) electrons. The Morgan fingerprint density at radius 2 is 2.00 bits per heavy atom. The smallest absolute Gasteiger partial charge is 0.254 e. The molecule has 6 nitrogen and oxygen atoms in total. The van der Waals surface area contributed by atoms with E-state index in [2.05, 4.69) is 10.4 Å². The van der Waals surface area contributed by atoms with Crippen molar-refractivity contribution in [2.24, 2.45) is 0 Å². The minimum absolute atomic E-state index is 0.284. The molecule has 7 heteroatoms. The number of hydrogen-bond donors (Lipinski definition) is 1. The average molecular weight is 364 g/mol. The SMILES string of the molecule is O=C1NCCN(C(=O)c2cccc(-n3cccn3)c2)C1c1cccc(F)c1. The summed E-state index contributed by atoms with van der Waals surface area (Å²) in [5.41, 5.74) is 1.64. The topological polar surface area (TPSA) is 67.2 Å². The normalized spacial score (nSPS) is 16.9. The highest BCUT2D eigenvalue weighted by Gasteiger charge is 2.35. The van der Waals surface area contributed by atoms with Gasteiger partial charge in [-0.1, -0.05) is 18.2 Å². The minimum atomic E-state index is -0.865. The summed E-state index contributed by atoms with van der Waals surface area (Å²) in [4.78, 5) is 27.1. The summed E-state index contributed by atoms with van der Waals surface area (Å²) in [7, 11) is 0. The van der Waals surface area contributed by atoms with Gasteiger partial charge in [-0.15, -0.1) is 0 Å². The van der Waals surface area contributed by atoms with Gasteiger partial charge >= 0.3 is 0 Å². The van der Waals surface area contributed by atoms with Crippen molar-refractivity contribution in [3.8, 4) is 5.69 Å². The summed E-state index contributed by atoms with van der Waals surface area (Å²) < 4.78 is 15.3. The molecule has 3 aromatic rings. The molecule has 1 aliphatic heterocycles. The van der Waals surface area contributed by atoms with Gasteiger partial charge in [0.2, 0.25) is 5.91 Å². The van der Waals surface area contributed by atoms with E-state index in [9.17, 15) is 14.0 Å². The van der Waals surface area contributed by atoms with Gasteiger partial charge in [0.05, 0.1) is 5.69 Å². The van der Waals surface area contributed by atoms with Gasteiger partial charge < -0.3 is 10.2 Å². The Bertz CT molecular complexity index is 987. The Balaban J connectivity index is 1.69. The van der Waals surface area contributed by atoms with Crippen LogP contribution in [-0.2, 0) is 4.79 Å². The van der Waals surface area contributed by atoms with Crippen LogP contribution in [0.3, 0.4) is 0 Å². The Kier molecular flexibility index (Phi) is 4.42. The van der Waals surface area contributed by atoms with Gasteiger partial charge in [0.1, 0.15) is 11.9 Å². The summed E-state index contributed by atoms with van der Waals surface area (Å²) in [6.45, 7) is 0.701. The molecule has 1 atom stereocenters. The van der Waals surface area contributed by atoms with Gasteiger partial charge in [-0.05, 0) is 42.0 Å². The summed E-state index contributed by atoms with van der Waals surface area (Å²) in [5, 5.41) is 6.92. The fourth-order valence-electron chi connectivity index (χ4n) is 3.26. The summed E-state index contributed by atoms with van der Waals surface area (Å²) in [5.74, 6) is -1.05. The number of nitrogens with zero attached hydrogens (tertiary/aromatic N) is 3. The minimum Gasteiger partial charge on any atom is -0.352 e. The van der Waals surface area contributed by atoms with Crippen LogP contribution >= 0.6 is 0 Å². The fraction of sp³-hybridized carbons (Fsp3) is 0.150. The fourth-order valence-corrected chi connectivity index (χ4v) is 3.26. The molecule has 2 aromatic carbocycles. The van der Waals surface area contributed by atoms with Gasteiger partial charge in [-0.3, -0.25) is 9.59 Å². The zero-order valence-electron chi connectivity index (χ0n) is 14.4. The summed E-state index contributed by atoms with van der Waals surface area (Å²) in [6.07, 6.45) is 3.44. The Morgan fingerprint density at radius 3 is 2.78 bits per heavy atom. The molecule has 1 aliphatic rings. The van der Waals surface area contributed by atoms with E-state index in [1.807, 2.05) is 6.07 Å². The number of halogens is 1. The molecule has 2 heterocycles. The van der Waals surface area contributed by atoms with Crippen molar-refractivity contribution in [2.45, 2.75) is 6.04 Å². The second kappa shape index (κ2) is 7.03. The molecule has 0 spiro atoms. The van der Waals surface area contributed by atoms with Crippen LogP contribution < -0.4 is 5.32 Å². The molecular weight excluding hydrogens is 347 g/mol. The van der Waals surface area contributed by atoms with Gasteiger partial charge in [0.15, 0.2) is 0 Å². The maximum atomic E-state index is 13.7. The lowest BCUT2D eigenvalue weighted by atomic mass is 10.0. The Labute approximate surface area is 155 Å². The lowest BCUT2D eigenvalue weighted by Gasteiger charge is -2.35. The monoisotopic (exact) mass is 364 g/mol. The first-order valence-electron chi connectivity index (χ1n) is 8.58. The molecule has 1 aromatic heterocycles. The first kappa shape index (κ1) is 17.0. The maximum Gasteiger partial charge on any atom is 0.254 e. The van der Waals surface area contributed by atoms with E-state index in [1.165, 1.54) is 23.1 Å². The second-order valence-corrected chi connectivity index (χ2v) is 6.25. The lowest BCUT2D eigenvalue weighted by molar-refractivity contribution is -0.128. The quantitative estimate of drug-likeness (QED) is 0.776. The predicted molar refractivity (Wildman–Crippen MR) is 96.8 cm³/mol. The van der Waals surface area contributed by atoms with E-state index in [4.69, 9.17) is 0 Å². The van der Waals surface area contributed by atoms with E-state index < -0.39 is 11.9 Å². The third kappa shape index (κ3) is 3.31. The van der Waals surface area contributed by atoms with Crippen LogP contribution in [0.15, 0.2) is 67.0 Å². The number of carbonyl (C=O) groups excluding carboxylic acids is 2. The predicted octanol–water partition coefficient (Wildman–Crippen LogP) is 2.32. The largest absolute Gasteiger partial charge is 0.352 e. The van der Waals surface area contributed by atoms with Crippen LogP contribution in [0.5, 0.6) is 0 Å². The highest BCUT2D eigenvalue weighted by molar-refractivity contribution is 5.99. The van der Waals surface area contributed by atoms with Crippen molar-refractivity contribution in [3.63, 3.8) is 0 Å². The van der Waals surface area contributed by atoms with Crippen molar-refractivity contribution in [3.05, 3.63) is 83.9 Å². The van der Waals surface area contributed by atoms with E-state index in [0.717, 1.165) is 5.69 Å². The van der Waals surface area contributed by atoms with Crippen molar-refractivity contribution >= 4 is 11.8 Å². The molecule has 2 amide bonds. The molecule has 1 unspecified atom stereocenters. The highest BCUT2D eigenvalue weighted by atomic mass is 19.1. The van der Waals surface area contributed by atoms with Crippen LogP contribution in [0.25, 0.3) is 5.69 Å². The molecule has 0 saturated carbocycles. The summed E-state index contributed by atoms with van der Waals surface area (Å²) in [6, 6.07) is 13.8. The van der Waals surface area contributed by atoms with Gasteiger partial charge in [-0.2, -0.15) is 5.10 Å². The van der Waals surface area contributed by atoms with Crippen molar-refractivity contribution in [2.75, 3.05) is 13.1 Å². The zero-order chi connectivity index (χ0) is 18.8. The lowest BCUT2D eigenvalue weighted by Crippen LogP contribution is -2.52. The number of piperazine rings is 1. The molecule has 27 heavy (non-hydrogen) atoms. The molecule has 1 fully saturated rings. The number of rotatable bonds is 3. The molecular formula is C20H17FN4O2. The molecule has 136 valence electrons. The van der Waals surface area contributed by atoms with Crippen LogP contribution in [0, 0.1) is 5.82 Å². The number of nitrogens with one attached hydrogen (secondary N) is 1. The summed E-state index contributed by atoms with van der Waals surface area (Å²) >= 11 is 0. The van der Waals surface area contributed by atoms with Crippen LogP contribution in [0.1, 0.15) is 22.0 Å². The maximum absolute atomic E-state index is 13.7. The van der Waals surface area contributed by atoms with E-state index in [-0.39, 0.29) is 11.8 Å². The van der Waals surface area contributed by atoms with Crippen LogP contribution in [0.2, 0.25) is 0 Å². The van der Waals surface area contributed by atoms with E-state index in [1.54, 1.807) is 47.4 Å². The van der Waals surface area contributed by atoms with Gasteiger partial charge in [0, 0.05) is 31.0 Å². The number of hydrogen-bond acceptors (Lipinski definition) is 3. The molecule has 0 bridgehead atoms. The zero-order valence-corrected chi connectivity index (χ0v) is 14.4. The Morgan fingerprint density at radius 1 is 1.15 bits per heavy atom. The Hall–Kier alpha value is -3.48. The van der Waals surface area contributed by atoms with Gasteiger partial charge in [0.25, 0.3) is 5.91 Å². The molecule has 4 rings (SSSR count). The third-order valence-corrected chi connectivity index (χ3v) is 4.50. The van der Waals surface area contributed by atoms with Crippen molar-refractivity contribution in [1.29, 1.82) is 0 Å². The molecule has 1 N–H and O–H groups in total. The number of amides is 2. The first-order valence-corrected chi connectivity index (χ1v) is 8.58. The molecule has 1 saturated heterocycles. The number of aromatic nitrogens is 2. The third-order valence-electron chi connectivity index (χ3n) is 4.50. The van der Waals surface area contributed by atoms with Crippen molar-refractivity contribution in [1.82, 2.24) is 20.0 Å². The molecule has 0 aliphatic carbocycles. The highest BCUT2D eigenvalue weighted by Crippen LogP contribution is 2.26. The van der Waals surface area contributed by atoms with Crippen LogP contribution in [0.4, 0.5) is 4.39 Å².